The number of carboxylic acids is 1. The number of halogens is 1. The summed E-state index contributed by atoms with van der Waals surface area (Å²) in [6.45, 7) is 0. The summed E-state index contributed by atoms with van der Waals surface area (Å²) in [6.07, 6.45) is -0.329. The zero-order valence-corrected chi connectivity index (χ0v) is 8.50. The van der Waals surface area contributed by atoms with Crippen molar-refractivity contribution in [1.82, 2.24) is 5.16 Å². The van der Waals surface area contributed by atoms with Crippen molar-refractivity contribution >= 4 is 5.97 Å². The largest absolute Gasteiger partial charge is 0.478 e. The lowest BCUT2D eigenvalue weighted by Crippen LogP contribution is -2.07. The van der Waals surface area contributed by atoms with E-state index < -0.39 is 17.9 Å². The Morgan fingerprint density at radius 1 is 1.35 bits per heavy atom. The minimum absolute atomic E-state index is 0.107. The molecule has 1 aromatic heterocycles. The molecule has 0 aliphatic heterocycles. The lowest BCUT2D eigenvalue weighted by Gasteiger charge is -2.08. The molecule has 1 heterocycles. The van der Waals surface area contributed by atoms with Gasteiger partial charge < -0.3 is 14.7 Å². The Labute approximate surface area is 95.1 Å². The average Bonchev–Trinajstić information content (AvgIpc) is 2.78. The van der Waals surface area contributed by atoms with Gasteiger partial charge in [-0.05, 0) is 17.7 Å². The minimum Gasteiger partial charge on any atom is -0.478 e. The molecule has 2 aromatic rings. The van der Waals surface area contributed by atoms with Gasteiger partial charge >= 0.3 is 5.97 Å². The lowest BCUT2D eigenvalue weighted by atomic mass is 10.0. The number of benzene rings is 1. The van der Waals surface area contributed by atoms with Crippen LogP contribution in [0.2, 0.25) is 0 Å². The molecule has 0 saturated heterocycles. The van der Waals surface area contributed by atoms with E-state index in [1.807, 2.05) is 0 Å². The number of aliphatic hydroxyl groups is 1. The molecular formula is C11H8FNO4. The topological polar surface area (TPSA) is 83.6 Å². The van der Waals surface area contributed by atoms with Crippen LogP contribution in [0.3, 0.4) is 0 Å². The van der Waals surface area contributed by atoms with E-state index in [0.717, 1.165) is 6.26 Å². The minimum atomic E-state index is -1.26. The lowest BCUT2D eigenvalue weighted by molar-refractivity contribution is 0.0691. The number of hydrogen-bond acceptors (Lipinski definition) is 4. The summed E-state index contributed by atoms with van der Waals surface area (Å²) in [4.78, 5) is 10.8. The quantitative estimate of drug-likeness (QED) is 0.846. The van der Waals surface area contributed by atoms with Crippen molar-refractivity contribution in [2.45, 2.75) is 6.10 Å². The van der Waals surface area contributed by atoms with E-state index in [-0.39, 0.29) is 11.3 Å². The summed E-state index contributed by atoms with van der Waals surface area (Å²) in [7, 11) is 0. The van der Waals surface area contributed by atoms with E-state index in [1.165, 1.54) is 24.3 Å². The third-order valence-corrected chi connectivity index (χ3v) is 2.27. The molecule has 0 unspecified atom stereocenters. The van der Waals surface area contributed by atoms with Crippen molar-refractivity contribution in [3.05, 3.63) is 53.2 Å². The van der Waals surface area contributed by atoms with E-state index in [9.17, 15) is 14.3 Å². The van der Waals surface area contributed by atoms with Crippen LogP contribution in [0.15, 0.2) is 35.1 Å². The van der Waals surface area contributed by atoms with Crippen LogP contribution in [-0.4, -0.2) is 21.3 Å². The van der Waals surface area contributed by atoms with Crippen LogP contribution >= 0.6 is 0 Å². The molecule has 2 N–H and O–H groups in total. The van der Waals surface area contributed by atoms with Gasteiger partial charge in [0.1, 0.15) is 29.4 Å². The van der Waals surface area contributed by atoms with Gasteiger partial charge in [-0.3, -0.25) is 0 Å². The molecule has 0 aliphatic carbocycles. The number of hydrogen-bond donors (Lipinski definition) is 2. The van der Waals surface area contributed by atoms with Gasteiger partial charge in [0.2, 0.25) is 0 Å². The third kappa shape index (κ3) is 2.16. The Hall–Kier alpha value is -2.21. The number of aromatic nitrogens is 1. The summed E-state index contributed by atoms with van der Waals surface area (Å²) in [5, 5.41) is 22.2. The van der Waals surface area contributed by atoms with Gasteiger partial charge in [0.25, 0.3) is 0 Å². The second-order valence-corrected chi connectivity index (χ2v) is 3.37. The van der Waals surface area contributed by atoms with Crippen LogP contribution in [0.5, 0.6) is 0 Å². The molecular weight excluding hydrogens is 229 g/mol. The Morgan fingerprint density at radius 3 is 2.59 bits per heavy atom. The van der Waals surface area contributed by atoms with Crippen LogP contribution in [0.4, 0.5) is 4.39 Å². The summed E-state index contributed by atoms with van der Waals surface area (Å²) < 4.78 is 17.2. The monoisotopic (exact) mass is 237 g/mol. The normalized spacial score (nSPS) is 12.4. The Morgan fingerprint density at radius 2 is 2.00 bits per heavy atom. The van der Waals surface area contributed by atoms with Crippen molar-refractivity contribution in [2.75, 3.05) is 0 Å². The number of nitrogens with zero attached hydrogens (tertiary/aromatic N) is 1. The number of carbonyl (C=O) groups is 1. The third-order valence-electron chi connectivity index (χ3n) is 2.27. The summed E-state index contributed by atoms with van der Waals surface area (Å²) in [6, 6.07) is 5.03. The van der Waals surface area contributed by atoms with Gasteiger partial charge in [-0.25, -0.2) is 9.18 Å². The molecule has 2 rings (SSSR count). The molecule has 1 atom stereocenters. The Kier molecular flexibility index (Phi) is 2.88. The smallest absolute Gasteiger partial charge is 0.341 e. The fraction of sp³-hybridized carbons (Fsp3) is 0.0909. The zero-order valence-electron chi connectivity index (χ0n) is 8.50. The molecule has 1 aromatic carbocycles. The van der Waals surface area contributed by atoms with Crippen LogP contribution in [0.25, 0.3) is 0 Å². The second kappa shape index (κ2) is 4.34. The van der Waals surface area contributed by atoms with Crippen LogP contribution in [-0.2, 0) is 0 Å². The first-order valence-corrected chi connectivity index (χ1v) is 4.70. The molecule has 0 amide bonds. The predicted molar refractivity (Wildman–Crippen MR) is 53.9 cm³/mol. The van der Waals surface area contributed by atoms with E-state index in [4.69, 9.17) is 5.11 Å². The van der Waals surface area contributed by atoms with Crippen LogP contribution in [0.1, 0.15) is 27.7 Å². The van der Waals surface area contributed by atoms with E-state index in [2.05, 4.69) is 9.68 Å². The first-order valence-electron chi connectivity index (χ1n) is 4.70. The molecule has 6 heteroatoms. The van der Waals surface area contributed by atoms with E-state index >= 15 is 0 Å². The molecule has 88 valence electrons. The number of carboxylic acid groups (broad SMARTS) is 1. The highest BCUT2D eigenvalue weighted by Crippen LogP contribution is 2.23. The van der Waals surface area contributed by atoms with Crippen molar-refractivity contribution in [3.63, 3.8) is 0 Å². The molecule has 17 heavy (non-hydrogen) atoms. The number of aliphatic hydroxyl groups excluding tert-OH is 1. The fourth-order valence-corrected chi connectivity index (χ4v) is 1.41. The highest BCUT2D eigenvalue weighted by Gasteiger charge is 2.22. The second-order valence-electron chi connectivity index (χ2n) is 3.37. The molecule has 5 nitrogen and oxygen atoms in total. The van der Waals surface area contributed by atoms with Crippen molar-refractivity contribution in [3.8, 4) is 0 Å². The van der Waals surface area contributed by atoms with Gasteiger partial charge in [0.05, 0.1) is 0 Å². The van der Waals surface area contributed by atoms with Crippen LogP contribution in [0, 0.1) is 5.82 Å². The molecule has 0 bridgehead atoms. The van der Waals surface area contributed by atoms with Gasteiger partial charge in [-0.1, -0.05) is 17.3 Å². The number of rotatable bonds is 3. The van der Waals surface area contributed by atoms with E-state index in [1.54, 1.807) is 0 Å². The number of aromatic carboxylic acids is 1. The summed E-state index contributed by atoms with van der Waals surface area (Å²) >= 11 is 0. The Bertz CT molecular complexity index is 535. The molecule has 0 saturated carbocycles. The van der Waals surface area contributed by atoms with E-state index in [0.29, 0.717) is 5.56 Å². The fourth-order valence-electron chi connectivity index (χ4n) is 1.41. The van der Waals surface area contributed by atoms with Gasteiger partial charge in [-0.2, -0.15) is 0 Å². The van der Waals surface area contributed by atoms with Gasteiger partial charge in [0.15, 0.2) is 0 Å². The van der Waals surface area contributed by atoms with Crippen LogP contribution < -0.4 is 0 Å². The van der Waals surface area contributed by atoms with Gasteiger partial charge in [-0.15, -0.1) is 0 Å². The molecule has 0 spiro atoms. The average molecular weight is 237 g/mol. The maximum absolute atomic E-state index is 12.7. The molecule has 0 aliphatic rings. The van der Waals surface area contributed by atoms with Crippen molar-refractivity contribution in [1.29, 1.82) is 0 Å². The Balaban J connectivity index is 2.36. The summed E-state index contributed by atoms with van der Waals surface area (Å²) in [5.41, 5.74) is 0.00809. The molecule has 0 fully saturated rings. The summed E-state index contributed by atoms with van der Waals surface area (Å²) in [5.74, 6) is -1.69. The maximum Gasteiger partial charge on any atom is 0.341 e. The molecule has 0 radical (unpaired) electrons. The predicted octanol–water partition coefficient (Wildman–Crippen LogP) is 1.59. The highest BCUT2D eigenvalue weighted by atomic mass is 19.1. The first kappa shape index (κ1) is 11.3. The highest BCUT2D eigenvalue weighted by molar-refractivity contribution is 5.88. The maximum atomic E-state index is 12.7. The SMILES string of the molecule is O=C(O)c1conc1[C@H](O)c1ccc(F)cc1. The zero-order chi connectivity index (χ0) is 12.4. The van der Waals surface area contributed by atoms with Crippen molar-refractivity contribution < 1.29 is 23.9 Å². The standard InChI is InChI=1S/C11H8FNO4/c12-7-3-1-6(2-4-7)10(14)9-8(11(15)16)5-17-13-9/h1-5,10,14H,(H,15,16)/t10-/m1/s1. The van der Waals surface area contributed by atoms with Crippen molar-refractivity contribution in [2.24, 2.45) is 0 Å². The first-order chi connectivity index (χ1) is 8.09. The van der Waals surface area contributed by atoms with Gasteiger partial charge in [0, 0.05) is 0 Å².